The summed E-state index contributed by atoms with van der Waals surface area (Å²) in [6.45, 7) is 0.343. The van der Waals surface area contributed by atoms with Crippen LogP contribution in [0, 0.1) is 0 Å². The Kier molecular flexibility index (Phi) is 8.28. The van der Waals surface area contributed by atoms with Gasteiger partial charge < -0.3 is 5.11 Å². The maximum absolute atomic E-state index is 8.51. The van der Waals surface area contributed by atoms with E-state index in [1.807, 2.05) is 23.5 Å². The molecule has 0 heterocycles. The maximum atomic E-state index is 8.51. The van der Waals surface area contributed by atoms with Crippen molar-refractivity contribution in [2.45, 2.75) is 23.8 Å². The Morgan fingerprint density at radius 3 is 2.20 bits per heavy atom. The number of thioether (sulfide) groups is 2. The van der Waals surface area contributed by atoms with E-state index in [0.29, 0.717) is 6.61 Å². The fourth-order valence-electron chi connectivity index (χ4n) is 0.755. The zero-order chi connectivity index (χ0) is 7.82. The van der Waals surface area contributed by atoms with Crippen LogP contribution in [0.25, 0.3) is 0 Å². The smallest absolute Gasteiger partial charge is 0.0496 e. The van der Waals surface area contributed by atoms with Gasteiger partial charge in [0.2, 0.25) is 0 Å². The number of unbranched alkanes of at least 4 members (excludes halogenated alkanes) is 1. The molecule has 0 aromatic rings. The van der Waals surface area contributed by atoms with Crippen LogP contribution in [-0.4, -0.2) is 28.8 Å². The van der Waals surface area contributed by atoms with E-state index >= 15 is 0 Å². The quantitative estimate of drug-likeness (QED) is 0.500. The van der Waals surface area contributed by atoms with Gasteiger partial charge in [-0.15, -0.1) is 0 Å². The van der Waals surface area contributed by atoms with E-state index < -0.39 is 0 Å². The minimum absolute atomic E-state index is 0.343. The highest BCUT2D eigenvalue weighted by Crippen LogP contribution is 2.23. The van der Waals surface area contributed by atoms with Crippen molar-refractivity contribution in [2.24, 2.45) is 0 Å². The number of hydrogen-bond donors (Lipinski definition) is 1. The third kappa shape index (κ3) is 5.45. The van der Waals surface area contributed by atoms with Crippen molar-refractivity contribution < 1.29 is 5.11 Å². The minimum Gasteiger partial charge on any atom is -0.396 e. The Morgan fingerprint density at radius 2 is 1.80 bits per heavy atom. The Morgan fingerprint density at radius 1 is 1.20 bits per heavy atom. The third-order valence-electron chi connectivity index (χ3n) is 1.37. The van der Waals surface area contributed by atoms with Gasteiger partial charge in [0, 0.05) is 11.2 Å². The van der Waals surface area contributed by atoms with Crippen molar-refractivity contribution in [3.8, 4) is 0 Å². The Bertz CT molecular complexity index is 64.6. The largest absolute Gasteiger partial charge is 0.396 e. The molecule has 1 N–H and O–H groups in total. The van der Waals surface area contributed by atoms with Gasteiger partial charge in [-0.3, -0.25) is 0 Å². The highest BCUT2D eigenvalue weighted by Gasteiger charge is 2.02. The molecule has 0 saturated heterocycles. The fourth-order valence-corrected chi connectivity index (χ4v) is 2.33. The van der Waals surface area contributed by atoms with Crippen LogP contribution in [-0.2, 0) is 0 Å². The summed E-state index contributed by atoms with van der Waals surface area (Å²) >= 11 is 3.80. The van der Waals surface area contributed by atoms with Gasteiger partial charge in [-0.25, -0.2) is 0 Å². The van der Waals surface area contributed by atoms with Crippen LogP contribution in [0.3, 0.4) is 0 Å². The maximum Gasteiger partial charge on any atom is 0.0496 e. The van der Waals surface area contributed by atoms with Gasteiger partial charge in [0.15, 0.2) is 0 Å². The summed E-state index contributed by atoms with van der Waals surface area (Å²) in [6.07, 6.45) is 7.61. The third-order valence-corrected chi connectivity index (χ3v) is 4.05. The van der Waals surface area contributed by atoms with E-state index in [2.05, 4.69) is 12.5 Å². The number of aliphatic hydroxyl groups excluding tert-OH is 1. The van der Waals surface area contributed by atoms with Crippen molar-refractivity contribution >= 4 is 23.5 Å². The summed E-state index contributed by atoms with van der Waals surface area (Å²) in [7, 11) is 0. The molecule has 0 spiro atoms. The van der Waals surface area contributed by atoms with E-state index in [9.17, 15) is 0 Å². The van der Waals surface area contributed by atoms with E-state index in [1.165, 1.54) is 6.42 Å². The summed E-state index contributed by atoms with van der Waals surface area (Å²) in [4.78, 5) is 0. The summed E-state index contributed by atoms with van der Waals surface area (Å²) in [5.41, 5.74) is 0. The lowest BCUT2D eigenvalue weighted by atomic mass is 10.3. The Hall–Kier alpha value is 0.660. The van der Waals surface area contributed by atoms with Crippen molar-refractivity contribution in [1.82, 2.24) is 0 Å². The van der Waals surface area contributed by atoms with Crippen molar-refractivity contribution in [3.63, 3.8) is 0 Å². The zero-order valence-corrected chi connectivity index (χ0v) is 8.30. The molecule has 0 aromatic carbocycles. The molecule has 0 fully saturated rings. The first-order valence-corrected chi connectivity index (χ1v) is 6.09. The molecular formula is C7H16OS2. The lowest BCUT2D eigenvalue weighted by Gasteiger charge is -2.09. The van der Waals surface area contributed by atoms with Crippen molar-refractivity contribution in [1.29, 1.82) is 0 Å². The standard InChI is InChI=1S/C7H16OS2/c1-9-7(10-2)5-3-4-6-8/h7-8H,3-6H2,1-2H3. The monoisotopic (exact) mass is 180 g/mol. The second kappa shape index (κ2) is 7.76. The van der Waals surface area contributed by atoms with E-state index in [1.54, 1.807) is 0 Å². The molecule has 0 bridgehead atoms. The number of aliphatic hydroxyl groups is 1. The highest BCUT2D eigenvalue weighted by molar-refractivity contribution is 8.16. The second-order valence-electron chi connectivity index (χ2n) is 2.12. The molecule has 10 heavy (non-hydrogen) atoms. The van der Waals surface area contributed by atoms with Crippen molar-refractivity contribution in [2.75, 3.05) is 19.1 Å². The molecule has 0 saturated carbocycles. The molecule has 0 aliphatic heterocycles. The Balaban J connectivity index is 3.09. The molecule has 0 aliphatic rings. The van der Waals surface area contributed by atoms with Gasteiger partial charge in [-0.1, -0.05) is 0 Å². The van der Waals surface area contributed by atoms with Gasteiger partial charge in [0.05, 0.1) is 0 Å². The minimum atomic E-state index is 0.343. The average molecular weight is 180 g/mol. The summed E-state index contributed by atoms with van der Waals surface area (Å²) in [6, 6.07) is 0. The second-order valence-corrected chi connectivity index (χ2v) is 4.50. The van der Waals surface area contributed by atoms with Crippen LogP contribution in [0.2, 0.25) is 0 Å². The van der Waals surface area contributed by atoms with E-state index in [4.69, 9.17) is 5.11 Å². The van der Waals surface area contributed by atoms with Gasteiger partial charge in [0.1, 0.15) is 0 Å². The normalized spacial score (nSPS) is 10.8. The topological polar surface area (TPSA) is 20.2 Å². The van der Waals surface area contributed by atoms with Gasteiger partial charge in [0.25, 0.3) is 0 Å². The number of hydrogen-bond acceptors (Lipinski definition) is 3. The highest BCUT2D eigenvalue weighted by atomic mass is 32.2. The zero-order valence-electron chi connectivity index (χ0n) is 6.67. The molecule has 0 aromatic heterocycles. The van der Waals surface area contributed by atoms with Crippen LogP contribution in [0.4, 0.5) is 0 Å². The molecule has 0 unspecified atom stereocenters. The van der Waals surface area contributed by atoms with Crippen LogP contribution in [0.15, 0.2) is 0 Å². The predicted octanol–water partition coefficient (Wildman–Crippen LogP) is 2.20. The van der Waals surface area contributed by atoms with Crippen LogP contribution in [0.1, 0.15) is 19.3 Å². The molecule has 0 atom stereocenters. The van der Waals surface area contributed by atoms with Crippen LogP contribution in [0.5, 0.6) is 0 Å². The first-order valence-electron chi connectivity index (χ1n) is 3.51. The Labute approximate surface area is 72.0 Å². The fraction of sp³-hybridized carbons (Fsp3) is 1.00. The SMILES string of the molecule is CSC(CCCCO)SC. The molecule has 3 heteroatoms. The summed E-state index contributed by atoms with van der Waals surface area (Å²) in [5, 5.41) is 8.51. The van der Waals surface area contributed by atoms with Gasteiger partial charge in [-0.05, 0) is 31.8 Å². The molecule has 0 amide bonds. The van der Waals surface area contributed by atoms with Crippen LogP contribution < -0.4 is 0 Å². The molecule has 0 radical (unpaired) electrons. The molecule has 62 valence electrons. The molecule has 0 rings (SSSR count). The predicted molar refractivity (Wildman–Crippen MR) is 51.8 cm³/mol. The van der Waals surface area contributed by atoms with Gasteiger partial charge >= 0.3 is 0 Å². The lowest BCUT2D eigenvalue weighted by molar-refractivity contribution is 0.284. The lowest BCUT2D eigenvalue weighted by Crippen LogP contribution is -1.95. The van der Waals surface area contributed by atoms with Crippen molar-refractivity contribution in [3.05, 3.63) is 0 Å². The average Bonchev–Trinajstić information content (AvgIpc) is 1.99. The molecule has 0 aliphatic carbocycles. The molecule has 1 nitrogen and oxygen atoms in total. The van der Waals surface area contributed by atoms with Gasteiger partial charge in [-0.2, -0.15) is 23.5 Å². The number of rotatable bonds is 6. The summed E-state index contributed by atoms with van der Waals surface area (Å²) < 4.78 is 0.728. The van der Waals surface area contributed by atoms with E-state index in [0.717, 1.165) is 17.4 Å². The molecular weight excluding hydrogens is 164 g/mol. The van der Waals surface area contributed by atoms with Crippen LogP contribution >= 0.6 is 23.5 Å². The first kappa shape index (κ1) is 10.7. The van der Waals surface area contributed by atoms with E-state index in [-0.39, 0.29) is 0 Å². The first-order chi connectivity index (χ1) is 4.85. The summed E-state index contributed by atoms with van der Waals surface area (Å²) in [5.74, 6) is 0.